The fourth-order valence-corrected chi connectivity index (χ4v) is 4.01. The van der Waals surface area contributed by atoms with Gasteiger partial charge in [-0.1, -0.05) is 6.07 Å². The average Bonchev–Trinajstić information content (AvgIpc) is 3.14. The highest BCUT2D eigenvalue weighted by molar-refractivity contribution is 7.90. The number of hydrogen-bond acceptors (Lipinski definition) is 5. The average molecular weight is 365 g/mol. The van der Waals surface area contributed by atoms with Gasteiger partial charge in [0.05, 0.1) is 4.90 Å². The molecule has 2 aliphatic heterocycles. The number of likely N-dealkylation sites (tertiary alicyclic amines) is 1. The lowest BCUT2D eigenvalue weighted by Gasteiger charge is -2.37. The number of carbonyl (C=O) groups excluding carboxylic acids is 2. The second-order valence-corrected chi connectivity index (χ2v) is 8.57. The van der Waals surface area contributed by atoms with Gasteiger partial charge in [-0.3, -0.25) is 9.59 Å². The molecular weight excluding hydrogens is 342 g/mol. The first-order valence-corrected chi connectivity index (χ1v) is 10.4. The lowest BCUT2D eigenvalue weighted by molar-refractivity contribution is -0.135. The van der Waals surface area contributed by atoms with E-state index in [0.717, 1.165) is 32.2 Å². The highest BCUT2D eigenvalue weighted by Crippen LogP contribution is 2.18. The topological polar surface area (TPSA) is 86.8 Å². The summed E-state index contributed by atoms with van der Waals surface area (Å²) in [5, 5.41) is 3.17. The molecule has 0 aliphatic carbocycles. The molecule has 25 heavy (non-hydrogen) atoms. The molecule has 2 saturated heterocycles. The quantitative estimate of drug-likeness (QED) is 0.823. The van der Waals surface area contributed by atoms with Gasteiger partial charge in [-0.2, -0.15) is 0 Å². The molecule has 1 aromatic rings. The molecule has 2 aliphatic rings. The maximum Gasteiger partial charge on any atom is 0.254 e. The molecule has 0 unspecified atom stereocenters. The molecule has 0 radical (unpaired) electrons. The normalized spacial score (nSPS) is 21.4. The van der Waals surface area contributed by atoms with E-state index < -0.39 is 15.9 Å². The Morgan fingerprint density at radius 1 is 1.16 bits per heavy atom. The Kier molecular flexibility index (Phi) is 5.10. The van der Waals surface area contributed by atoms with E-state index in [1.54, 1.807) is 17.0 Å². The second kappa shape index (κ2) is 7.13. The van der Waals surface area contributed by atoms with Gasteiger partial charge in [0.2, 0.25) is 5.91 Å². The minimum atomic E-state index is -3.39. The minimum absolute atomic E-state index is 0.0303. The lowest BCUT2D eigenvalue weighted by atomic mass is 10.1. The van der Waals surface area contributed by atoms with Gasteiger partial charge in [-0.15, -0.1) is 0 Å². The molecule has 7 nitrogen and oxygen atoms in total. The molecule has 0 aromatic heterocycles. The van der Waals surface area contributed by atoms with Gasteiger partial charge in [-0.25, -0.2) is 8.42 Å². The predicted octanol–water partition coefficient (Wildman–Crippen LogP) is 0.127. The van der Waals surface area contributed by atoms with Crippen LogP contribution in [0.5, 0.6) is 0 Å². The lowest BCUT2D eigenvalue weighted by Crippen LogP contribution is -2.59. The second-order valence-electron chi connectivity index (χ2n) is 6.55. The number of amides is 2. The summed E-state index contributed by atoms with van der Waals surface area (Å²) in [6, 6.07) is 5.47. The zero-order valence-electron chi connectivity index (χ0n) is 14.3. The Balaban J connectivity index is 1.85. The van der Waals surface area contributed by atoms with Crippen LogP contribution in [0.3, 0.4) is 0 Å². The van der Waals surface area contributed by atoms with Gasteiger partial charge in [0.1, 0.15) is 6.04 Å². The van der Waals surface area contributed by atoms with Crippen LogP contribution in [0.1, 0.15) is 23.2 Å². The fourth-order valence-electron chi connectivity index (χ4n) is 3.34. The molecular formula is C17H23N3O4S. The van der Waals surface area contributed by atoms with Gasteiger partial charge < -0.3 is 15.1 Å². The largest absolute Gasteiger partial charge is 0.341 e. The monoisotopic (exact) mass is 365 g/mol. The van der Waals surface area contributed by atoms with Crippen LogP contribution in [-0.2, 0) is 14.6 Å². The Hall–Kier alpha value is -1.93. The third-order valence-corrected chi connectivity index (χ3v) is 5.83. The van der Waals surface area contributed by atoms with Crippen LogP contribution in [-0.4, -0.2) is 75.1 Å². The van der Waals surface area contributed by atoms with Crippen LogP contribution >= 0.6 is 0 Å². The molecule has 0 spiro atoms. The number of sulfone groups is 1. The zero-order chi connectivity index (χ0) is 18.0. The molecule has 3 rings (SSSR count). The third kappa shape index (κ3) is 3.85. The number of carbonyl (C=O) groups is 2. The number of nitrogens with one attached hydrogen (secondary N) is 1. The summed E-state index contributed by atoms with van der Waals surface area (Å²) in [6.45, 7) is 2.93. The number of piperazine rings is 1. The van der Waals surface area contributed by atoms with E-state index in [1.165, 1.54) is 12.1 Å². The number of rotatable bonds is 3. The molecule has 0 bridgehead atoms. The van der Waals surface area contributed by atoms with Gasteiger partial charge in [0, 0.05) is 44.5 Å². The molecule has 2 amide bonds. The maximum absolute atomic E-state index is 12.9. The van der Waals surface area contributed by atoms with E-state index in [-0.39, 0.29) is 16.7 Å². The van der Waals surface area contributed by atoms with E-state index >= 15 is 0 Å². The van der Waals surface area contributed by atoms with Crippen molar-refractivity contribution < 1.29 is 18.0 Å². The van der Waals surface area contributed by atoms with Crippen LogP contribution in [0.15, 0.2) is 29.2 Å². The van der Waals surface area contributed by atoms with Crippen molar-refractivity contribution in [1.82, 2.24) is 15.1 Å². The first kappa shape index (κ1) is 17.9. The van der Waals surface area contributed by atoms with Crippen molar-refractivity contribution in [2.24, 2.45) is 0 Å². The summed E-state index contributed by atoms with van der Waals surface area (Å²) >= 11 is 0. The number of nitrogens with zero attached hydrogens (tertiary/aromatic N) is 2. The molecule has 8 heteroatoms. The van der Waals surface area contributed by atoms with E-state index in [0.29, 0.717) is 25.2 Å². The summed E-state index contributed by atoms with van der Waals surface area (Å²) in [7, 11) is -3.39. The van der Waals surface area contributed by atoms with Crippen LogP contribution in [0.25, 0.3) is 0 Å². The van der Waals surface area contributed by atoms with Crippen molar-refractivity contribution in [2.45, 2.75) is 23.8 Å². The molecule has 1 atom stereocenters. The third-order valence-electron chi connectivity index (χ3n) is 4.72. The highest BCUT2D eigenvalue weighted by atomic mass is 32.2. The van der Waals surface area contributed by atoms with Crippen LogP contribution in [0.4, 0.5) is 0 Å². The van der Waals surface area contributed by atoms with E-state index in [4.69, 9.17) is 0 Å². The summed E-state index contributed by atoms with van der Waals surface area (Å²) in [5.74, 6) is -0.332. The van der Waals surface area contributed by atoms with Crippen molar-refractivity contribution in [1.29, 1.82) is 0 Å². The van der Waals surface area contributed by atoms with Crippen molar-refractivity contribution >= 4 is 21.7 Å². The molecule has 136 valence electrons. The smallest absolute Gasteiger partial charge is 0.254 e. The maximum atomic E-state index is 12.9. The van der Waals surface area contributed by atoms with Crippen molar-refractivity contribution in [3.05, 3.63) is 29.8 Å². The Bertz CT molecular complexity index is 772. The van der Waals surface area contributed by atoms with Crippen molar-refractivity contribution in [3.63, 3.8) is 0 Å². The van der Waals surface area contributed by atoms with Crippen LogP contribution < -0.4 is 5.32 Å². The number of benzene rings is 1. The van der Waals surface area contributed by atoms with Gasteiger partial charge in [-0.05, 0) is 31.0 Å². The summed E-state index contributed by atoms with van der Waals surface area (Å²) in [5.41, 5.74) is 0.295. The molecule has 0 saturated carbocycles. The highest BCUT2D eigenvalue weighted by Gasteiger charge is 2.36. The standard InChI is InChI=1S/C17H23N3O4S/c1-25(23,24)14-6-4-5-13(11-14)16(21)20-10-7-18-12-15(20)17(22)19-8-2-3-9-19/h4-6,11,15,18H,2-3,7-10,12H2,1H3/t15-/m0/s1. The summed E-state index contributed by atoms with van der Waals surface area (Å²) in [6.07, 6.45) is 3.10. The molecule has 2 fully saturated rings. The van der Waals surface area contributed by atoms with Crippen LogP contribution in [0.2, 0.25) is 0 Å². The van der Waals surface area contributed by atoms with E-state index in [9.17, 15) is 18.0 Å². The number of hydrogen-bond donors (Lipinski definition) is 1. The van der Waals surface area contributed by atoms with Crippen molar-refractivity contribution in [2.75, 3.05) is 39.0 Å². The Labute approximate surface area is 147 Å². The molecule has 2 heterocycles. The Morgan fingerprint density at radius 3 is 2.56 bits per heavy atom. The SMILES string of the molecule is CS(=O)(=O)c1cccc(C(=O)N2CCNC[C@H]2C(=O)N2CCCC2)c1. The van der Waals surface area contributed by atoms with Crippen LogP contribution in [0, 0.1) is 0 Å². The van der Waals surface area contributed by atoms with Gasteiger partial charge >= 0.3 is 0 Å². The minimum Gasteiger partial charge on any atom is -0.341 e. The fraction of sp³-hybridized carbons (Fsp3) is 0.529. The zero-order valence-corrected chi connectivity index (χ0v) is 15.1. The van der Waals surface area contributed by atoms with E-state index in [1.807, 2.05) is 4.90 Å². The molecule has 1 aromatic carbocycles. The first-order valence-electron chi connectivity index (χ1n) is 8.48. The summed E-state index contributed by atoms with van der Waals surface area (Å²) in [4.78, 5) is 29.2. The summed E-state index contributed by atoms with van der Waals surface area (Å²) < 4.78 is 23.5. The van der Waals surface area contributed by atoms with Gasteiger partial charge in [0.25, 0.3) is 5.91 Å². The Morgan fingerprint density at radius 2 is 1.88 bits per heavy atom. The first-order chi connectivity index (χ1) is 11.9. The molecule has 1 N–H and O–H groups in total. The van der Waals surface area contributed by atoms with E-state index in [2.05, 4.69) is 5.32 Å². The predicted molar refractivity (Wildman–Crippen MR) is 93.1 cm³/mol. The van der Waals surface area contributed by atoms with Gasteiger partial charge in [0.15, 0.2) is 9.84 Å². The van der Waals surface area contributed by atoms with Crippen molar-refractivity contribution in [3.8, 4) is 0 Å².